The van der Waals surface area contributed by atoms with Crippen LogP contribution in [0.5, 0.6) is 0 Å². The lowest BCUT2D eigenvalue weighted by molar-refractivity contribution is -0.170. The zero-order chi connectivity index (χ0) is 28.6. The molecule has 0 bridgehead atoms. The topological polar surface area (TPSA) is 196 Å². The van der Waals surface area contributed by atoms with Crippen LogP contribution in [0.15, 0.2) is 30.5 Å². The van der Waals surface area contributed by atoms with Crippen molar-refractivity contribution in [1.82, 2.24) is 14.4 Å². The van der Waals surface area contributed by atoms with E-state index in [4.69, 9.17) is 30.9 Å². The number of carboxylic acid groups (broad SMARTS) is 3. The number of aromatic nitrogens is 1. The fraction of sp³-hybridized carbons (Fsp3) is 0.538. The van der Waals surface area contributed by atoms with Crippen LogP contribution < -0.4 is 5.73 Å². The predicted molar refractivity (Wildman–Crippen MR) is 139 cm³/mol. The van der Waals surface area contributed by atoms with E-state index in [1.807, 2.05) is 10.6 Å². The molecule has 0 spiro atoms. The smallest absolute Gasteiger partial charge is 0.336 e. The number of piperazine rings is 1. The van der Waals surface area contributed by atoms with Crippen LogP contribution in [-0.4, -0.2) is 110 Å². The number of carbonyl (C=O) groups is 4. The fourth-order valence-corrected chi connectivity index (χ4v) is 4.91. The van der Waals surface area contributed by atoms with E-state index in [-0.39, 0.29) is 12.5 Å². The van der Waals surface area contributed by atoms with Gasteiger partial charge in [-0.2, -0.15) is 0 Å². The molecule has 1 unspecified atom stereocenters. The molecule has 2 aliphatic heterocycles. The summed E-state index contributed by atoms with van der Waals surface area (Å²) in [5.74, 6) is -5.32. The quantitative estimate of drug-likeness (QED) is 0.257. The van der Waals surface area contributed by atoms with Crippen molar-refractivity contribution in [3.63, 3.8) is 0 Å². The number of hydrogen-bond donors (Lipinski definition) is 5. The van der Waals surface area contributed by atoms with Gasteiger partial charge in [-0.3, -0.25) is 24.2 Å². The fourth-order valence-electron chi connectivity index (χ4n) is 4.91. The molecule has 2 saturated heterocycles. The molecule has 1 aromatic carbocycles. The van der Waals surface area contributed by atoms with Gasteiger partial charge in [-0.25, -0.2) is 4.79 Å². The Labute approximate surface area is 225 Å². The van der Waals surface area contributed by atoms with Crippen LogP contribution in [0.3, 0.4) is 0 Å². The number of benzene rings is 1. The first kappa shape index (κ1) is 30.0. The monoisotopic (exact) mass is 548 g/mol. The molecule has 2 aliphatic rings. The van der Waals surface area contributed by atoms with Crippen molar-refractivity contribution < 1.29 is 44.3 Å². The minimum atomic E-state index is -2.74. The van der Waals surface area contributed by atoms with Gasteiger partial charge in [0, 0.05) is 63.0 Å². The number of primary amides is 1. The van der Waals surface area contributed by atoms with Crippen LogP contribution in [0.25, 0.3) is 10.9 Å². The molecule has 0 aliphatic carbocycles. The second-order valence-corrected chi connectivity index (χ2v) is 9.96. The number of aliphatic hydroxyl groups is 1. The number of nitrogens with two attached hydrogens (primary N) is 1. The van der Waals surface area contributed by atoms with E-state index in [0.717, 1.165) is 51.4 Å². The predicted octanol–water partition coefficient (Wildman–Crippen LogP) is 0.175. The summed E-state index contributed by atoms with van der Waals surface area (Å²) in [6, 6.07) is 8.25. The summed E-state index contributed by atoms with van der Waals surface area (Å²) >= 11 is 0. The maximum Gasteiger partial charge on any atom is 0.336 e. The molecule has 13 heteroatoms. The van der Waals surface area contributed by atoms with Crippen molar-refractivity contribution in [2.24, 2.45) is 5.73 Å². The average molecular weight is 549 g/mol. The number of aliphatic carboxylic acids is 3. The van der Waals surface area contributed by atoms with Crippen LogP contribution in [0, 0.1) is 0 Å². The molecule has 13 nitrogen and oxygen atoms in total. The molecule has 1 aromatic heterocycles. The van der Waals surface area contributed by atoms with E-state index in [1.54, 1.807) is 0 Å². The van der Waals surface area contributed by atoms with E-state index in [9.17, 15) is 19.2 Å². The molecule has 39 heavy (non-hydrogen) atoms. The van der Waals surface area contributed by atoms with Gasteiger partial charge < -0.3 is 35.5 Å². The van der Waals surface area contributed by atoms with Gasteiger partial charge in [0.25, 0.3) is 0 Å². The Balaban J connectivity index is 0.000000276. The van der Waals surface area contributed by atoms with Crippen molar-refractivity contribution in [1.29, 1.82) is 0 Å². The Morgan fingerprint density at radius 2 is 1.59 bits per heavy atom. The van der Waals surface area contributed by atoms with Crippen LogP contribution in [0.1, 0.15) is 31.2 Å². The molecular formula is C26H36N4O9. The zero-order valence-electron chi connectivity index (χ0n) is 21.7. The highest BCUT2D eigenvalue weighted by Gasteiger charge is 2.40. The number of hydrogen-bond acceptors (Lipinski definition) is 8. The van der Waals surface area contributed by atoms with Gasteiger partial charge in [-0.1, -0.05) is 18.2 Å². The summed E-state index contributed by atoms with van der Waals surface area (Å²) in [6.07, 6.45) is 2.66. The molecule has 2 aromatic rings. The minimum absolute atomic E-state index is 0.232. The van der Waals surface area contributed by atoms with E-state index in [2.05, 4.69) is 34.2 Å². The Morgan fingerprint density at radius 3 is 2.13 bits per heavy atom. The number of nitrogens with zero attached hydrogens (tertiary/aromatic N) is 3. The lowest BCUT2D eigenvalue weighted by atomic mass is 9.96. The summed E-state index contributed by atoms with van der Waals surface area (Å²) in [7, 11) is 0. The molecule has 4 rings (SSSR count). The minimum Gasteiger partial charge on any atom is -0.481 e. The van der Waals surface area contributed by atoms with Crippen LogP contribution in [-0.2, 0) is 37.0 Å². The number of fused-ring (bicyclic) bond motifs is 1. The van der Waals surface area contributed by atoms with Crippen molar-refractivity contribution in [2.45, 2.75) is 50.5 Å². The lowest BCUT2D eigenvalue weighted by Crippen LogP contribution is -2.48. The third kappa shape index (κ3) is 8.75. The Bertz CT molecular complexity index is 1150. The average Bonchev–Trinajstić information content (AvgIpc) is 3.48. The molecule has 6 N–H and O–H groups in total. The number of carboxylic acids is 3. The number of rotatable bonds is 11. The number of carbonyl (C=O) groups excluding carboxylic acids is 1. The number of ether oxygens (including phenoxy) is 1. The van der Waals surface area contributed by atoms with Gasteiger partial charge in [-0.05, 0) is 24.5 Å². The SMILES string of the molecule is NC(=O)Cn1cc(CN2CCN(CC3CCCO3)CC2)c2ccccc21.O=C(O)CC(O)(CC(=O)O)C(=O)O. The van der Waals surface area contributed by atoms with E-state index in [1.165, 1.54) is 23.8 Å². The van der Waals surface area contributed by atoms with Crippen molar-refractivity contribution in [3.8, 4) is 0 Å². The normalized spacial score (nSPS) is 18.4. The molecular weight excluding hydrogens is 512 g/mol. The molecule has 2 fully saturated rings. The zero-order valence-corrected chi connectivity index (χ0v) is 21.7. The lowest BCUT2D eigenvalue weighted by Gasteiger charge is -2.35. The summed E-state index contributed by atoms with van der Waals surface area (Å²) in [4.78, 5) is 46.9. The Kier molecular flexibility index (Phi) is 10.4. The van der Waals surface area contributed by atoms with Crippen molar-refractivity contribution >= 4 is 34.7 Å². The van der Waals surface area contributed by atoms with E-state index >= 15 is 0 Å². The first-order valence-corrected chi connectivity index (χ1v) is 12.8. The molecule has 1 amide bonds. The van der Waals surface area contributed by atoms with Crippen LogP contribution in [0.2, 0.25) is 0 Å². The van der Waals surface area contributed by atoms with Gasteiger partial charge in [0.1, 0.15) is 6.54 Å². The summed E-state index contributed by atoms with van der Waals surface area (Å²) in [5.41, 5.74) is 5.02. The summed E-state index contributed by atoms with van der Waals surface area (Å²) in [5, 5.41) is 35.0. The number of para-hydroxylation sites is 1. The second-order valence-electron chi connectivity index (χ2n) is 9.96. The number of amides is 1. The van der Waals surface area contributed by atoms with Crippen molar-refractivity contribution in [2.75, 3.05) is 39.3 Å². The van der Waals surface area contributed by atoms with Gasteiger partial charge in [0.15, 0.2) is 5.60 Å². The first-order valence-electron chi connectivity index (χ1n) is 12.8. The van der Waals surface area contributed by atoms with Crippen molar-refractivity contribution in [3.05, 3.63) is 36.0 Å². The summed E-state index contributed by atoms with van der Waals surface area (Å²) < 4.78 is 7.74. The van der Waals surface area contributed by atoms with E-state index in [0.29, 0.717) is 6.10 Å². The summed E-state index contributed by atoms with van der Waals surface area (Å²) in [6.45, 7) is 7.49. The highest BCUT2D eigenvalue weighted by molar-refractivity contribution is 5.88. The molecule has 3 heterocycles. The van der Waals surface area contributed by atoms with Gasteiger partial charge in [0.05, 0.1) is 18.9 Å². The third-order valence-electron chi connectivity index (χ3n) is 6.83. The molecule has 1 atom stereocenters. The first-order chi connectivity index (χ1) is 18.5. The van der Waals surface area contributed by atoms with Gasteiger partial charge in [0.2, 0.25) is 5.91 Å². The second kappa shape index (κ2) is 13.5. The van der Waals surface area contributed by atoms with Gasteiger partial charge >= 0.3 is 17.9 Å². The molecule has 0 radical (unpaired) electrons. The van der Waals surface area contributed by atoms with Crippen LogP contribution in [0.4, 0.5) is 0 Å². The highest BCUT2D eigenvalue weighted by atomic mass is 16.5. The van der Waals surface area contributed by atoms with Gasteiger partial charge in [-0.15, -0.1) is 0 Å². The Morgan fingerprint density at radius 1 is 0.974 bits per heavy atom. The maximum absolute atomic E-state index is 11.4. The maximum atomic E-state index is 11.4. The molecule has 214 valence electrons. The van der Waals surface area contributed by atoms with E-state index < -0.39 is 36.4 Å². The van der Waals surface area contributed by atoms with Crippen LogP contribution >= 0.6 is 0 Å². The third-order valence-corrected chi connectivity index (χ3v) is 6.83. The standard InChI is InChI=1S/C20H28N4O2.C6H8O7/c21-20(25)15-24-13-16(18-5-1-2-6-19(18)24)12-22-7-9-23(10-8-22)14-17-4-3-11-26-17;7-3(8)1-6(13,5(11)12)2-4(9)10/h1-2,5-6,13,17H,3-4,7-12,14-15H2,(H2,21,25);13H,1-2H2,(H,7,8)(H,9,10)(H,11,12). The highest BCUT2D eigenvalue weighted by Crippen LogP contribution is 2.23. The largest absolute Gasteiger partial charge is 0.481 e. The Hall–Kier alpha value is -3.52. The molecule has 0 saturated carbocycles.